The van der Waals surface area contributed by atoms with E-state index in [1.165, 1.54) is 31.3 Å². The average Bonchev–Trinajstić information content (AvgIpc) is 2.53. The van der Waals surface area contributed by atoms with Crippen LogP contribution in [0.2, 0.25) is 0 Å². The van der Waals surface area contributed by atoms with E-state index in [1.807, 2.05) is 6.92 Å². The zero-order chi connectivity index (χ0) is 18.8. The van der Waals surface area contributed by atoms with Gasteiger partial charge < -0.3 is 15.7 Å². The summed E-state index contributed by atoms with van der Waals surface area (Å²) in [6.45, 7) is 11.2. The van der Waals surface area contributed by atoms with Crippen LogP contribution in [-0.2, 0) is 0 Å². The monoisotopic (exact) mass is 350 g/mol. The van der Waals surface area contributed by atoms with E-state index in [2.05, 4.69) is 58.5 Å². The fourth-order valence-corrected chi connectivity index (χ4v) is 5.84. The van der Waals surface area contributed by atoms with E-state index >= 15 is 0 Å². The fraction of sp³-hybridized carbons (Fsp3) is 0.818. The number of nitrogens with two attached hydrogens (primary N) is 2. The van der Waals surface area contributed by atoms with Gasteiger partial charge >= 0.3 is 0 Å². The molecule has 0 aromatic rings. The lowest BCUT2D eigenvalue weighted by Gasteiger charge is -2.57. The van der Waals surface area contributed by atoms with Crippen molar-refractivity contribution >= 4 is 0 Å². The van der Waals surface area contributed by atoms with Gasteiger partial charge in [0, 0.05) is 18.3 Å². The highest BCUT2D eigenvalue weighted by molar-refractivity contribution is 5.06. The molecular formula is C22H42N2O. The summed E-state index contributed by atoms with van der Waals surface area (Å²) in [5.74, 6) is 2.52. The van der Waals surface area contributed by atoms with Gasteiger partial charge in [-0.1, -0.05) is 18.6 Å². The summed E-state index contributed by atoms with van der Waals surface area (Å²) in [5, 5.41) is 15.3. The molecule has 2 aliphatic carbocycles. The molecule has 2 aliphatic rings. The Morgan fingerprint density at radius 1 is 1.24 bits per heavy atom. The third-order valence-electron chi connectivity index (χ3n) is 7.54. The van der Waals surface area contributed by atoms with Crippen molar-refractivity contribution in [1.82, 2.24) is 0 Å². The summed E-state index contributed by atoms with van der Waals surface area (Å²) >= 11 is 0. The number of hydrogen-bond donors (Lipinski definition) is 3. The molecule has 0 aliphatic heterocycles. The van der Waals surface area contributed by atoms with Gasteiger partial charge in [-0.05, 0) is 71.6 Å². The van der Waals surface area contributed by atoms with Crippen molar-refractivity contribution in [3.63, 3.8) is 0 Å². The number of rotatable bonds is 6. The van der Waals surface area contributed by atoms with E-state index in [9.17, 15) is 5.11 Å². The van der Waals surface area contributed by atoms with Crippen LogP contribution in [0.5, 0.6) is 0 Å². The lowest BCUT2D eigenvalue weighted by atomic mass is 9.52. The largest absolute Gasteiger partial charge is 0.474 e. The second-order valence-electron chi connectivity index (χ2n) is 9.59. The predicted octanol–water partition coefficient (Wildman–Crippen LogP) is 2.39. The molecule has 0 amide bonds. The van der Waals surface area contributed by atoms with Crippen molar-refractivity contribution in [2.24, 2.45) is 23.7 Å². The topological polar surface area (TPSA) is 53.5 Å². The van der Waals surface area contributed by atoms with Gasteiger partial charge in [-0.15, -0.1) is 0 Å². The summed E-state index contributed by atoms with van der Waals surface area (Å²) in [4.78, 5) is 0. The Labute approximate surface area is 156 Å². The van der Waals surface area contributed by atoms with Crippen molar-refractivity contribution in [2.75, 3.05) is 0 Å². The molecule has 0 spiro atoms. The van der Waals surface area contributed by atoms with Crippen LogP contribution in [-0.4, -0.2) is 22.3 Å². The fourth-order valence-electron chi connectivity index (χ4n) is 5.84. The Kier molecular flexibility index (Phi) is 6.78. The summed E-state index contributed by atoms with van der Waals surface area (Å²) in [6.07, 6.45) is 9.27. The van der Waals surface area contributed by atoms with Gasteiger partial charge in [-0.25, -0.2) is 0 Å². The lowest BCUT2D eigenvalue weighted by Crippen LogP contribution is -2.98. The molecule has 3 nitrogen and oxygen atoms in total. The summed E-state index contributed by atoms with van der Waals surface area (Å²) in [5.41, 5.74) is 1.01. The Bertz CT molecular complexity index is 469. The quantitative estimate of drug-likeness (QED) is 0.500. The first-order chi connectivity index (χ1) is 11.7. The molecule has 0 bridgehead atoms. The Balaban J connectivity index is 2.26. The van der Waals surface area contributed by atoms with E-state index < -0.39 is 5.60 Å². The summed E-state index contributed by atoms with van der Waals surface area (Å²) in [6, 6.07) is 0.196. The second kappa shape index (κ2) is 8.10. The van der Waals surface area contributed by atoms with Crippen LogP contribution in [0.15, 0.2) is 11.6 Å². The Hall–Kier alpha value is -0.380. The molecule has 0 aromatic carbocycles. The molecule has 25 heavy (non-hydrogen) atoms. The van der Waals surface area contributed by atoms with Crippen molar-refractivity contribution in [2.45, 2.75) is 90.3 Å². The Morgan fingerprint density at radius 3 is 2.48 bits per heavy atom. The zero-order valence-corrected chi connectivity index (χ0v) is 17.2. The molecule has 0 radical (unpaired) electrons. The zero-order valence-electron chi connectivity index (χ0n) is 17.2. The highest BCUT2D eigenvalue weighted by Crippen LogP contribution is 2.51. The molecule has 2 saturated carbocycles. The maximum Gasteiger partial charge on any atom is 0.111 e. The Morgan fingerprint density at radius 2 is 1.92 bits per heavy atom. The van der Waals surface area contributed by atoms with Crippen molar-refractivity contribution in [3.8, 4) is 0 Å². The van der Waals surface area contributed by atoms with Crippen molar-refractivity contribution in [3.05, 3.63) is 25.7 Å². The third kappa shape index (κ3) is 4.31. The standard InChI is InChI=1S/C22H42N2O/c1-15(2)9-8-10-16(3)17-11-13-21(4,24-7)18-12-14-22(5,25)20(23-6)19(17)18/h9,16-20,25H,6-8,10-14,23-24H2,1-5H3/t16-,17-,18+,19-,20-,21+,22-/m1/s1. The van der Waals surface area contributed by atoms with E-state index in [4.69, 9.17) is 0 Å². The van der Waals surface area contributed by atoms with Crippen LogP contribution in [0.3, 0.4) is 0 Å². The smallest absolute Gasteiger partial charge is 0.111 e. The first kappa shape index (κ1) is 20.9. The molecule has 0 heterocycles. The summed E-state index contributed by atoms with van der Waals surface area (Å²) < 4.78 is 0. The molecule has 0 aromatic heterocycles. The van der Waals surface area contributed by atoms with Crippen molar-refractivity contribution in [1.29, 1.82) is 0 Å². The van der Waals surface area contributed by atoms with Gasteiger partial charge in [0.2, 0.25) is 0 Å². The SMILES string of the molecule is [CH2-][NH2+][C@@H]1[C@@H]2[C@@H]([C@H](C)CCC=C(C)C)CC[C@](C)([NH2+][CH2-])[C@H]2CC[C@@]1(C)O. The van der Waals surface area contributed by atoms with Gasteiger partial charge in [0.25, 0.3) is 0 Å². The second-order valence-corrected chi connectivity index (χ2v) is 9.59. The number of hydrogen-bond acceptors (Lipinski definition) is 1. The number of aliphatic hydroxyl groups is 1. The lowest BCUT2D eigenvalue weighted by molar-refractivity contribution is -0.703. The maximum absolute atomic E-state index is 11.1. The van der Waals surface area contributed by atoms with Crippen LogP contribution in [0.1, 0.15) is 73.1 Å². The van der Waals surface area contributed by atoms with Crippen LogP contribution >= 0.6 is 0 Å². The predicted molar refractivity (Wildman–Crippen MR) is 104 cm³/mol. The van der Waals surface area contributed by atoms with Gasteiger partial charge in [-0.2, -0.15) is 14.1 Å². The van der Waals surface area contributed by atoms with E-state index in [-0.39, 0.29) is 11.6 Å². The van der Waals surface area contributed by atoms with E-state index in [0.29, 0.717) is 23.7 Å². The summed E-state index contributed by atoms with van der Waals surface area (Å²) in [7, 11) is 8.31. The van der Waals surface area contributed by atoms with Gasteiger partial charge in [0.05, 0.1) is 11.6 Å². The first-order valence-corrected chi connectivity index (χ1v) is 10.3. The minimum Gasteiger partial charge on any atom is -0.474 e. The average molecular weight is 351 g/mol. The number of quaternary nitrogens is 2. The minimum absolute atomic E-state index is 0.196. The molecular weight excluding hydrogens is 308 g/mol. The third-order valence-corrected chi connectivity index (χ3v) is 7.54. The highest BCUT2D eigenvalue weighted by atomic mass is 16.3. The van der Waals surface area contributed by atoms with Crippen LogP contribution in [0.25, 0.3) is 0 Å². The highest BCUT2D eigenvalue weighted by Gasteiger charge is 2.58. The van der Waals surface area contributed by atoms with Gasteiger partial charge in [-0.3, -0.25) is 0 Å². The number of fused-ring (bicyclic) bond motifs is 1. The molecule has 146 valence electrons. The van der Waals surface area contributed by atoms with Crippen LogP contribution in [0.4, 0.5) is 0 Å². The first-order valence-electron chi connectivity index (χ1n) is 10.3. The number of allylic oxidation sites excluding steroid dienone is 2. The van der Waals surface area contributed by atoms with Crippen molar-refractivity contribution < 1.29 is 15.7 Å². The van der Waals surface area contributed by atoms with E-state index in [1.54, 1.807) is 0 Å². The molecule has 7 atom stereocenters. The molecule has 3 heteroatoms. The van der Waals surface area contributed by atoms with Gasteiger partial charge in [0.1, 0.15) is 5.60 Å². The normalized spacial score (nSPS) is 42.6. The molecule has 2 rings (SSSR count). The van der Waals surface area contributed by atoms with Crippen LogP contribution in [0, 0.1) is 37.8 Å². The molecule has 0 saturated heterocycles. The van der Waals surface area contributed by atoms with E-state index in [0.717, 1.165) is 12.8 Å². The maximum atomic E-state index is 11.1. The van der Waals surface area contributed by atoms with Gasteiger partial charge in [0.15, 0.2) is 0 Å². The molecule has 5 N–H and O–H groups in total. The van der Waals surface area contributed by atoms with Crippen LogP contribution < -0.4 is 10.6 Å². The molecule has 2 fully saturated rings. The minimum atomic E-state index is -0.611. The molecule has 0 unspecified atom stereocenters.